The van der Waals surface area contributed by atoms with Crippen molar-refractivity contribution in [2.24, 2.45) is 0 Å². The van der Waals surface area contributed by atoms with E-state index in [2.05, 4.69) is 10.3 Å². The highest BCUT2D eigenvalue weighted by molar-refractivity contribution is 7.19. The number of benzene rings is 3. The molecule has 0 unspecified atom stereocenters. The monoisotopic (exact) mass is 474 g/mol. The number of amides is 1. The second-order valence-electron chi connectivity index (χ2n) is 7.58. The Labute approximate surface area is 198 Å². The van der Waals surface area contributed by atoms with Gasteiger partial charge >= 0.3 is 0 Å². The lowest BCUT2D eigenvalue weighted by Gasteiger charge is -2.07. The van der Waals surface area contributed by atoms with Gasteiger partial charge < -0.3 is 0 Å². The lowest BCUT2D eigenvalue weighted by atomic mass is 10.0. The van der Waals surface area contributed by atoms with E-state index in [9.17, 15) is 25.0 Å². The van der Waals surface area contributed by atoms with Crippen LogP contribution in [0.1, 0.15) is 21.5 Å². The van der Waals surface area contributed by atoms with Crippen LogP contribution in [0.15, 0.2) is 66.7 Å². The van der Waals surface area contributed by atoms with Gasteiger partial charge in [-0.25, -0.2) is 4.98 Å². The molecule has 0 fully saturated rings. The van der Waals surface area contributed by atoms with Gasteiger partial charge in [0.2, 0.25) is 0 Å². The standard InChI is InChI=1S/C24H18N4O5S/c1-14-3-12-20(15(2)13-14)21-22(16-4-8-18(9-5-16)27(30)31)34-24(25-21)26-23(29)17-6-10-19(11-7-17)28(32)33/h3-13H,1-2H3,(H,25,26,29). The lowest BCUT2D eigenvalue weighted by Crippen LogP contribution is -2.11. The minimum absolute atomic E-state index is 0.0203. The molecule has 34 heavy (non-hydrogen) atoms. The van der Waals surface area contributed by atoms with Crippen molar-refractivity contribution in [3.8, 4) is 21.7 Å². The maximum atomic E-state index is 12.7. The van der Waals surface area contributed by atoms with Crippen LogP contribution in [0.4, 0.5) is 16.5 Å². The van der Waals surface area contributed by atoms with Crippen LogP contribution in [-0.2, 0) is 0 Å². The van der Waals surface area contributed by atoms with Gasteiger partial charge in [0.25, 0.3) is 17.3 Å². The Morgan fingerprint density at radius 1 is 0.882 bits per heavy atom. The van der Waals surface area contributed by atoms with Crippen LogP contribution in [0, 0.1) is 34.1 Å². The summed E-state index contributed by atoms with van der Waals surface area (Å²) in [4.78, 5) is 39.0. The van der Waals surface area contributed by atoms with E-state index in [1.54, 1.807) is 12.1 Å². The number of nitrogens with one attached hydrogen (secondary N) is 1. The third-order valence-corrected chi connectivity index (χ3v) is 6.19. The van der Waals surface area contributed by atoms with Crippen LogP contribution in [-0.4, -0.2) is 20.7 Å². The zero-order chi connectivity index (χ0) is 24.4. The number of carbonyl (C=O) groups is 1. The van der Waals surface area contributed by atoms with E-state index in [0.717, 1.165) is 27.1 Å². The van der Waals surface area contributed by atoms with Crippen LogP contribution >= 0.6 is 11.3 Å². The first-order valence-electron chi connectivity index (χ1n) is 10.1. The van der Waals surface area contributed by atoms with Gasteiger partial charge in [-0.15, -0.1) is 0 Å². The van der Waals surface area contributed by atoms with Crippen LogP contribution in [0.3, 0.4) is 0 Å². The molecule has 0 saturated carbocycles. The molecule has 4 rings (SSSR count). The van der Waals surface area contributed by atoms with Gasteiger partial charge in [0.1, 0.15) is 0 Å². The minimum Gasteiger partial charge on any atom is -0.298 e. The summed E-state index contributed by atoms with van der Waals surface area (Å²) in [6.45, 7) is 3.96. The highest BCUT2D eigenvalue weighted by Gasteiger charge is 2.19. The van der Waals surface area contributed by atoms with Crippen molar-refractivity contribution < 1.29 is 14.6 Å². The highest BCUT2D eigenvalue weighted by atomic mass is 32.1. The van der Waals surface area contributed by atoms with Gasteiger partial charge in [-0.3, -0.25) is 30.3 Å². The molecule has 170 valence electrons. The predicted octanol–water partition coefficient (Wildman–Crippen LogP) is 6.16. The quantitative estimate of drug-likeness (QED) is 0.263. The van der Waals surface area contributed by atoms with E-state index >= 15 is 0 Å². The molecule has 0 bridgehead atoms. The Kier molecular flexibility index (Phi) is 6.15. The summed E-state index contributed by atoms with van der Waals surface area (Å²) in [6, 6.07) is 17.4. The third-order valence-electron chi connectivity index (χ3n) is 5.17. The third kappa shape index (κ3) is 4.66. The molecular weight excluding hydrogens is 456 g/mol. The van der Waals surface area contributed by atoms with Gasteiger partial charge in [-0.1, -0.05) is 35.1 Å². The Morgan fingerprint density at radius 2 is 1.47 bits per heavy atom. The Bertz CT molecular complexity index is 1410. The predicted molar refractivity (Wildman–Crippen MR) is 130 cm³/mol. The number of carbonyl (C=O) groups excluding carboxylic acids is 1. The zero-order valence-electron chi connectivity index (χ0n) is 18.1. The first-order valence-corrected chi connectivity index (χ1v) is 10.9. The van der Waals surface area contributed by atoms with Crippen LogP contribution in [0.5, 0.6) is 0 Å². The first kappa shape index (κ1) is 22.7. The number of nitro groups is 2. The molecule has 1 aromatic heterocycles. The number of aryl methyl sites for hydroxylation is 2. The van der Waals surface area contributed by atoms with E-state index in [0.29, 0.717) is 10.8 Å². The summed E-state index contributed by atoms with van der Waals surface area (Å²) in [5, 5.41) is 25.0. The van der Waals surface area contributed by atoms with Crippen molar-refractivity contribution in [3.05, 3.63) is 104 Å². The number of anilines is 1. The smallest absolute Gasteiger partial charge is 0.269 e. The van der Waals surface area contributed by atoms with Crippen molar-refractivity contribution in [2.75, 3.05) is 5.32 Å². The molecule has 10 heteroatoms. The SMILES string of the molecule is Cc1ccc(-c2nc(NC(=O)c3ccc([N+](=O)[O-])cc3)sc2-c2ccc([N+](=O)[O-])cc2)c(C)c1. The maximum absolute atomic E-state index is 12.7. The second kappa shape index (κ2) is 9.20. The summed E-state index contributed by atoms with van der Waals surface area (Å²) < 4.78 is 0. The molecule has 3 aromatic carbocycles. The van der Waals surface area contributed by atoms with Crippen molar-refractivity contribution in [2.45, 2.75) is 13.8 Å². The van der Waals surface area contributed by atoms with Crippen molar-refractivity contribution in [3.63, 3.8) is 0 Å². The molecule has 1 N–H and O–H groups in total. The van der Waals surface area contributed by atoms with Gasteiger partial charge in [0.15, 0.2) is 5.13 Å². The molecule has 0 spiro atoms. The van der Waals surface area contributed by atoms with Crippen molar-refractivity contribution in [1.82, 2.24) is 4.98 Å². The summed E-state index contributed by atoms with van der Waals surface area (Å²) in [5.74, 6) is -0.453. The molecule has 9 nitrogen and oxygen atoms in total. The van der Waals surface area contributed by atoms with E-state index < -0.39 is 15.8 Å². The van der Waals surface area contributed by atoms with E-state index in [1.165, 1.54) is 47.7 Å². The highest BCUT2D eigenvalue weighted by Crippen LogP contribution is 2.40. The van der Waals surface area contributed by atoms with Gasteiger partial charge in [0.05, 0.1) is 20.4 Å². The molecule has 4 aromatic rings. The number of hydrogen-bond donors (Lipinski definition) is 1. The first-order chi connectivity index (χ1) is 16.2. The summed E-state index contributed by atoms with van der Waals surface area (Å²) >= 11 is 1.24. The Hall–Kier alpha value is -4.44. The van der Waals surface area contributed by atoms with Crippen molar-refractivity contribution >= 4 is 33.8 Å². The zero-order valence-corrected chi connectivity index (χ0v) is 19.0. The fourth-order valence-electron chi connectivity index (χ4n) is 3.47. The average Bonchev–Trinajstić information content (AvgIpc) is 3.22. The number of rotatable bonds is 6. The van der Waals surface area contributed by atoms with Crippen LogP contribution in [0.2, 0.25) is 0 Å². The fourth-order valence-corrected chi connectivity index (χ4v) is 4.45. The number of hydrogen-bond acceptors (Lipinski definition) is 7. The lowest BCUT2D eigenvalue weighted by molar-refractivity contribution is -0.385. The second-order valence-corrected chi connectivity index (χ2v) is 8.58. The maximum Gasteiger partial charge on any atom is 0.269 e. The molecule has 0 radical (unpaired) electrons. The topological polar surface area (TPSA) is 128 Å². The fraction of sp³-hybridized carbons (Fsp3) is 0.0833. The number of thiazole rings is 1. The molecular formula is C24H18N4O5S. The Morgan fingerprint density at radius 3 is 2.03 bits per heavy atom. The summed E-state index contributed by atoms with van der Waals surface area (Å²) in [6.07, 6.45) is 0. The van der Waals surface area contributed by atoms with Gasteiger partial charge in [-0.2, -0.15) is 0 Å². The van der Waals surface area contributed by atoms with Gasteiger partial charge in [-0.05, 0) is 49.2 Å². The molecule has 0 aliphatic heterocycles. The Balaban J connectivity index is 1.73. The largest absolute Gasteiger partial charge is 0.298 e. The molecule has 0 aliphatic rings. The number of non-ortho nitro benzene ring substituents is 2. The normalized spacial score (nSPS) is 10.6. The molecule has 0 saturated heterocycles. The van der Waals surface area contributed by atoms with E-state index in [1.807, 2.05) is 32.0 Å². The van der Waals surface area contributed by atoms with Crippen molar-refractivity contribution in [1.29, 1.82) is 0 Å². The number of nitro benzene ring substituents is 2. The van der Waals surface area contributed by atoms with Crippen LogP contribution < -0.4 is 5.32 Å². The van der Waals surface area contributed by atoms with Gasteiger partial charge in [0, 0.05) is 35.4 Å². The number of nitrogens with zero attached hydrogens (tertiary/aromatic N) is 3. The summed E-state index contributed by atoms with van der Waals surface area (Å²) in [7, 11) is 0. The van der Waals surface area contributed by atoms with Crippen LogP contribution in [0.25, 0.3) is 21.7 Å². The molecule has 0 aliphatic carbocycles. The summed E-state index contributed by atoms with van der Waals surface area (Å²) in [5.41, 5.74) is 4.49. The minimum atomic E-state index is -0.533. The molecule has 1 heterocycles. The number of aromatic nitrogens is 1. The molecule has 1 amide bonds. The average molecular weight is 474 g/mol. The van der Waals surface area contributed by atoms with E-state index in [4.69, 9.17) is 0 Å². The molecule has 0 atom stereocenters. The van der Waals surface area contributed by atoms with E-state index in [-0.39, 0.29) is 16.9 Å².